The molecule has 0 aliphatic rings. The molecule has 2 atom stereocenters. The Balaban J connectivity index is 2.43. The highest BCUT2D eigenvalue weighted by Crippen LogP contribution is 2.27. The Morgan fingerprint density at radius 2 is 0.762 bits per heavy atom. The number of rotatable bonds is 33. The third-order valence-electron chi connectivity index (χ3n) is 9.89. The smallest absolute Gasteiger partial charge is 0.247 e. The Bertz CT molecular complexity index is 650. The van der Waals surface area contributed by atoms with Crippen molar-refractivity contribution in [2.24, 2.45) is 0 Å². The Morgan fingerprint density at radius 3 is 1.12 bits per heavy atom. The van der Waals surface area contributed by atoms with Crippen LogP contribution in [0.3, 0.4) is 0 Å². The van der Waals surface area contributed by atoms with Crippen LogP contribution in [0.1, 0.15) is 245 Å². The number of hydrogen-bond donors (Lipinski definition) is 1. The number of nitrogens with one attached hydrogen (secondary N) is 1. The molecule has 248 valence electrons. The van der Waals surface area contributed by atoms with Crippen LogP contribution in [0.4, 0.5) is 0 Å². The fourth-order valence-corrected chi connectivity index (χ4v) is 6.96. The van der Waals surface area contributed by atoms with Crippen molar-refractivity contribution < 1.29 is 4.57 Å². The molecule has 0 fully saturated rings. The summed E-state index contributed by atoms with van der Waals surface area (Å²) >= 11 is 0. The summed E-state index contributed by atoms with van der Waals surface area (Å²) in [5.41, 5.74) is 0. The molecule has 2 heteroatoms. The molecule has 0 radical (unpaired) electrons. The van der Waals surface area contributed by atoms with E-state index in [0.717, 1.165) is 0 Å². The quantitative estimate of drug-likeness (QED) is 0.0623. The van der Waals surface area contributed by atoms with Crippen LogP contribution < -0.4 is 4.57 Å². The van der Waals surface area contributed by atoms with Crippen molar-refractivity contribution in [2.75, 3.05) is 0 Å². The second-order valence-electron chi connectivity index (χ2n) is 14.0. The number of unbranched alkanes of at least 4 members (excludes halogenated alkanes) is 25. The maximum absolute atomic E-state index is 3.75. The molecule has 0 aliphatic heterocycles. The first-order chi connectivity index (χ1) is 20.7. The van der Waals surface area contributed by atoms with E-state index >= 15 is 0 Å². The van der Waals surface area contributed by atoms with E-state index in [-0.39, 0.29) is 0 Å². The molecule has 0 amide bonds. The summed E-state index contributed by atoms with van der Waals surface area (Å²) in [6, 6.07) is 0.620. The van der Waals surface area contributed by atoms with E-state index in [0.29, 0.717) is 12.0 Å². The molecule has 0 saturated heterocycles. The van der Waals surface area contributed by atoms with E-state index in [1.807, 2.05) is 0 Å². The SMILES string of the molecule is CCCCCCCCCCCCCCC(CCCCCCCCCCC)c1[nH]cc[n+]1C(C)CCCCCCCCC. The minimum atomic E-state index is 0.620. The van der Waals surface area contributed by atoms with Crippen LogP contribution in [0.25, 0.3) is 0 Å². The van der Waals surface area contributed by atoms with Crippen molar-refractivity contribution >= 4 is 0 Å². The number of aromatic nitrogens is 2. The predicted molar refractivity (Wildman–Crippen MR) is 189 cm³/mol. The lowest BCUT2D eigenvalue weighted by Crippen LogP contribution is -2.41. The molecule has 2 unspecified atom stereocenters. The van der Waals surface area contributed by atoms with Gasteiger partial charge in [-0.15, -0.1) is 0 Å². The van der Waals surface area contributed by atoms with Gasteiger partial charge < -0.3 is 0 Å². The van der Waals surface area contributed by atoms with E-state index in [9.17, 15) is 0 Å². The summed E-state index contributed by atoms with van der Waals surface area (Å²) in [6.07, 6.45) is 48.7. The average molecular weight is 588 g/mol. The molecule has 0 spiro atoms. The zero-order chi connectivity index (χ0) is 30.4. The lowest BCUT2D eigenvalue weighted by Gasteiger charge is -2.17. The minimum absolute atomic E-state index is 0.620. The van der Waals surface area contributed by atoms with Crippen molar-refractivity contribution in [1.29, 1.82) is 0 Å². The van der Waals surface area contributed by atoms with Crippen molar-refractivity contribution in [2.45, 2.75) is 239 Å². The Hall–Kier alpha value is -0.790. The zero-order valence-electron chi connectivity index (χ0n) is 29.7. The van der Waals surface area contributed by atoms with E-state index in [4.69, 9.17) is 0 Å². The molecule has 0 aromatic carbocycles. The number of aromatic amines is 1. The van der Waals surface area contributed by atoms with Crippen molar-refractivity contribution in [3.63, 3.8) is 0 Å². The fourth-order valence-electron chi connectivity index (χ4n) is 6.96. The normalized spacial score (nSPS) is 13.1. The summed E-state index contributed by atoms with van der Waals surface area (Å²) in [5, 5.41) is 0. The number of hydrogen-bond acceptors (Lipinski definition) is 0. The van der Waals surface area contributed by atoms with Gasteiger partial charge in [-0.2, -0.15) is 0 Å². The Kier molecular flexibility index (Phi) is 28.3. The van der Waals surface area contributed by atoms with Gasteiger partial charge in [-0.1, -0.05) is 194 Å². The third-order valence-corrected chi connectivity index (χ3v) is 9.89. The first-order valence-corrected chi connectivity index (χ1v) is 19.8. The van der Waals surface area contributed by atoms with Gasteiger partial charge in [0.25, 0.3) is 5.82 Å². The average Bonchev–Trinajstić information content (AvgIpc) is 3.49. The fraction of sp³-hybridized carbons (Fsp3) is 0.925. The van der Waals surface area contributed by atoms with Gasteiger partial charge in [-0.05, 0) is 32.6 Å². The highest BCUT2D eigenvalue weighted by molar-refractivity contribution is 4.90. The van der Waals surface area contributed by atoms with Crippen LogP contribution in [0.15, 0.2) is 12.4 Å². The molecule has 42 heavy (non-hydrogen) atoms. The molecule has 1 N–H and O–H groups in total. The summed E-state index contributed by atoms with van der Waals surface area (Å²) in [5.74, 6) is 2.25. The maximum Gasteiger partial charge on any atom is 0.257 e. The summed E-state index contributed by atoms with van der Waals surface area (Å²) in [7, 11) is 0. The third kappa shape index (κ3) is 21.8. The first kappa shape index (κ1) is 39.2. The van der Waals surface area contributed by atoms with Crippen LogP contribution in [-0.2, 0) is 0 Å². The van der Waals surface area contributed by atoms with E-state index in [2.05, 4.69) is 49.6 Å². The zero-order valence-corrected chi connectivity index (χ0v) is 29.7. The molecule has 1 rings (SSSR count). The molecular weight excluding hydrogens is 508 g/mol. The Labute approximate surface area is 266 Å². The molecule has 1 aromatic rings. The van der Waals surface area contributed by atoms with Gasteiger partial charge in [0.15, 0.2) is 0 Å². The summed E-state index contributed by atoms with van der Waals surface area (Å²) < 4.78 is 2.63. The van der Waals surface area contributed by atoms with Crippen molar-refractivity contribution in [1.82, 2.24) is 4.98 Å². The molecule has 1 aromatic heterocycles. The predicted octanol–water partition coefficient (Wildman–Crippen LogP) is 14.1. The standard InChI is InChI=1S/C40H78N2/c1-5-8-11-14-17-19-20-21-23-26-29-32-35-39(34-31-28-25-22-18-15-12-9-6-2)40-41-36-37-42(40)38(4)33-30-27-24-16-13-10-7-3/h36-39H,5-35H2,1-4H3/p+1. The van der Waals surface area contributed by atoms with Gasteiger partial charge in [0, 0.05) is 0 Å². The first-order valence-electron chi connectivity index (χ1n) is 19.8. The van der Waals surface area contributed by atoms with Crippen LogP contribution in [0.2, 0.25) is 0 Å². The largest absolute Gasteiger partial charge is 0.257 e. The molecule has 0 bridgehead atoms. The molecular formula is C40H79N2+. The molecule has 1 heterocycles. The van der Waals surface area contributed by atoms with Gasteiger partial charge >= 0.3 is 0 Å². The van der Waals surface area contributed by atoms with Crippen LogP contribution in [0.5, 0.6) is 0 Å². The van der Waals surface area contributed by atoms with E-state index < -0.39 is 0 Å². The van der Waals surface area contributed by atoms with Crippen LogP contribution in [0, 0.1) is 0 Å². The van der Waals surface area contributed by atoms with Crippen molar-refractivity contribution in [3.8, 4) is 0 Å². The lowest BCUT2D eigenvalue weighted by atomic mass is 9.92. The highest BCUT2D eigenvalue weighted by atomic mass is 15.1. The topological polar surface area (TPSA) is 19.7 Å². The molecule has 0 saturated carbocycles. The monoisotopic (exact) mass is 588 g/mol. The van der Waals surface area contributed by atoms with Gasteiger partial charge in [0.2, 0.25) is 0 Å². The molecule has 2 nitrogen and oxygen atoms in total. The van der Waals surface area contributed by atoms with Crippen LogP contribution >= 0.6 is 0 Å². The summed E-state index contributed by atoms with van der Waals surface area (Å²) in [4.78, 5) is 3.75. The second-order valence-corrected chi connectivity index (χ2v) is 14.0. The van der Waals surface area contributed by atoms with Crippen LogP contribution in [-0.4, -0.2) is 4.98 Å². The van der Waals surface area contributed by atoms with E-state index in [1.165, 1.54) is 205 Å². The number of imidazole rings is 1. The lowest BCUT2D eigenvalue weighted by molar-refractivity contribution is -0.727. The van der Waals surface area contributed by atoms with E-state index in [1.54, 1.807) is 0 Å². The number of nitrogens with zero attached hydrogens (tertiary/aromatic N) is 1. The van der Waals surface area contributed by atoms with Gasteiger partial charge in [-0.3, -0.25) is 0 Å². The van der Waals surface area contributed by atoms with Gasteiger partial charge in [0.05, 0.1) is 12.0 Å². The maximum atomic E-state index is 3.75. The van der Waals surface area contributed by atoms with Gasteiger partial charge in [-0.25, -0.2) is 9.55 Å². The minimum Gasteiger partial charge on any atom is -0.247 e. The van der Waals surface area contributed by atoms with Crippen molar-refractivity contribution in [3.05, 3.63) is 18.2 Å². The highest BCUT2D eigenvalue weighted by Gasteiger charge is 2.25. The molecule has 0 aliphatic carbocycles. The Morgan fingerprint density at radius 1 is 0.452 bits per heavy atom. The summed E-state index contributed by atoms with van der Waals surface area (Å²) in [6.45, 7) is 9.41. The van der Waals surface area contributed by atoms with Gasteiger partial charge in [0.1, 0.15) is 12.4 Å². The number of H-pyrrole nitrogens is 1. The second kappa shape index (κ2) is 30.2.